The number of nitrogens with zero attached hydrogens (tertiary/aromatic N) is 2. The predicted molar refractivity (Wildman–Crippen MR) is 109 cm³/mol. The zero-order valence-electron chi connectivity index (χ0n) is 16.4. The second kappa shape index (κ2) is 9.17. The molecule has 0 spiro atoms. The van der Waals surface area contributed by atoms with Gasteiger partial charge in [0.25, 0.3) is 0 Å². The van der Waals surface area contributed by atoms with Gasteiger partial charge in [-0.25, -0.2) is 10.0 Å². The average molecular weight is 386 g/mol. The Labute approximate surface area is 166 Å². The lowest BCUT2D eigenvalue weighted by atomic mass is 10.0. The first-order valence-corrected chi connectivity index (χ1v) is 10.0. The van der Waals surface area contributed by atoms with Crippen LogP contribution in [0, 0.1) is 0 Å². The zero-order valence-corrected chi connectivity index (χ0v) is 16.4. The van der Waals surface area contributed by atoms with Crippen LogP contribution in [0.15, 0.2) is 36.4 Å². The highest BCUT2D eigenvalue weighted by Crippen LogP contribution is 2.29. The molecule has 6 heteroatoms. The fourth-order valence-electron chi connectivity index (χ4n) is 3.98. The normalized spacial score (nSPS) is 17.4. The summed E-state index contributed by atoms with van der Waals surface area (Å²) >= 11 is 0. The van der Waals surface area contributed by atoms with E-state index in [4.69, 9.17) is 0 Å². The molecule has 0 radical (unpaired) electrons. The van der Waals surface area contributed by atoms with Gasteiger partial charge in [-0.05, 0) is 67.5 Å². The van der Waals surface area contributed by atoms with Gasteiger partial charge in [0.15, 0.2) is 23.0 Å². The lowest BCUT2D eigenvalue weighted by molar-refractivity contribution is -0.0357. The topological polar surface area (TPSA) is 87.4 Å². The van der Waals surface area contributed by atoms with Crippen molar-refractivity contribution in [3.05, 3.63) is 47.5 Å². The van der Waals surface area contributed by atoms with E-state index in [1.807, 2.05) is 12.1 Å². The van der Waals surface area contributed by atoms with E-state index in [9.17, 15) is 20.4 Å². The van der Waals surface area contributed by atoms with Gasteiger partial charge in [0.1, 0.15) is 0 Å². The molecule has 0 aliphatic carbocycles. The fourth-order valence-corrected chi connectivity index (χ4v) is 3.98. The number of hydrogen-bond donors (Lipinski definition) is 4. The first kappa shape index (κ1) is 20.3. The van der Waals surface area contributed by atoms with Crippen LogP contribution in [-0.4, -0.2) is 56.1 Å². The summed E-state index contributed by atoms with van der Waals surface area (Å²) in [5, 5.41) is 43.3. The van der Waals surface area contributed by atoms with Crippen LogP contribution in [0.3, 0.4) is 0 Å². The van der Waals surface area contributed by atoms with Crippen LogP contribution in [0.5, 0.6) is 23.0 Å². The third-order valence-electron chi connectivity index (χ3n) is 5.40. The van der Waals surface area contributed by atoms with Gasteiger partial charge in [-0.2, -0.15) is 0 Å². The monoisotopic (exact) mass is 386 g/mol. The molecule has 3 rings (SSSR count). The molecular weight excluding hydrogens is 356 g/mol. The van der Waals surface area contributed by atoms with Crippen LogP contribution in [0.1, 0.15) is 37.3 Å². The number of rotatable bonds is 8. The number of benzene rings is 2. The van der Waals surface area contributed by atoms with Gasteiger partial charge in [-0.1, -0.05) is 19.1 Å². The maximum atomic E-state index is 9.77. The summed E-state index contributed by atoms with van der Waals surface area (Å²) in [6.07, 6.45) is 4.89. The van der Waals surface area contributed by atoms with Crippen molar-refractivity contribution in [3.8, 4) is 23.0 Å². The van der Waals surface area contributed by atoms with Crippen LogP contribution in [0.25, 0.3) is 0 Å². The van der Waals surface area contributed by atoms with Crippen molar-refractivity contribution >= 4 is 0 Å². The van der Waals surface area contributed by atoms with Crippen molar-refractivity contribution in [3.63, 3.8) is 0 Å². The Bertz CT molecular complexity index is 796. The van der Waals surface area contributed by atoms with Gasteiger partial charge < -0.3 is 20.4 Å². The molecule has 1 unspecified atom stereocenters. The van der Waals surface area contributed by atoms with Gasteiger partial charge in [0.2, 0.25) is 0 Å². The van der Waals surface area contributed by atoms with Gasteiger partial charge in [-0.15, -0.1) is 0 Å². The number of aromatic hydroxyl groups is 4. The van der Waals surface area contributed by atoms with Crippen molar-refractivity contribution in [1.29, 1.82) is 0 Å². The van der Waals surface area contributed by atoms with Gasteiger partial charge in [-0.3, -0.25) is 0 Å². The van der Waals surface area contributed by atoms with E-state index in [1.165, 1.54) is 6.07 Å². The van der Waals surface area contributed by atoms with E-state index in [0.29, 0.717) is 6.04 Å². The predicted octanol–water partition coefficient (Wildman–Crippen LogP) is 3.39. The van der Waals surface area contributed by atoms with E-state index < -0.39 is 0 Å². The molecule has 1 aliphatic heterocycles. The molecule has 0 amide bonds. The Morgan fingerprint density at radius 2 is 1.54 bits per heavy atom. The molecule has 0 bridgehead atoms. The molecule has 1 aliphatic rings. The second-order valence-electron chi connectivity index (χ2n) is 7.51. The number of phenols is 4. The van der Waals surface area contributed by atoms with Crippen LogP contribution >= 0.6 is 0 Å². The van der Waals surface area contributed by atoms with Crippen molar-refractivity contribution in [2.75, 3.05) is 19.6 Å². The summed E-state index contributed by atoms with van der Waals surface area (Å²) in [5.74, 6) is -0.326. The minimum Gasteiger partial charge on any atom is -0.504 e. The Balaban J connectivity index is 1.66. The largest absolute Gasteiger partial charge is 0.504 e. The number of hydrazine groups is 1. The SMILES string of the molecule is CCCN(CCc1ccc(O)c(O)c1)N1CCCC1Cc1ccc(O)c(O)c1. The first-order chi connectivity index (χ1) is 13.5. The van der Waals surface area contributed by atoms with Gasteiger partial charge in [0.05, 0.1) is 0 Å². The van der Waals surface area contributed by atoms with Crippen molar-refractivity contribution in [2.45, 2.75) is 45.1 Å². The lowest BCUT2D eigenvalue weighted by Crippen LogP contribution is -2.47. The Hall–Kier alpha value is -2.44. The van der Waals surface area contributed by atoms with Crippen molar-refractivity contribution < 1.29 is 20.4 Å². The smallest absolute Gasteiger partial charge is 0.157 e. The summed E-state index contributed by atoms with van der Waals surface area (Å²) < 4.78 is 0. The van der Waals surface area contributed by atoms with E-state index >= 15 is 0 Å². The summed E-state index contributed by atoms with van der Waals surface area (Å²) in [7, 11) is 0. The molecule has 1 atom stereocenters. The van der Waals surface area contributed by atoms with Crippen LogP contribution < -0.4 is 0 Å². The minimum atomic E-state index is -0.0917. The maximum Gasteiger partial charge on any atom is 0.157 e. The van der Waals surface area contributed by atoms with Crippen molar-refractivity contribution in [2.24, 2.45) is 0 Å². The minimum absolute atomic E-state index is 0.0698. The zero-order chi connectivity index (χ0) is 20.1. The average Bonchev–Trinajstić information content (AvgIpc) is 3.12. The van der Waals surface area contributed by atoms with Crippen molar-refractivity contribution in [1.82, 2.24) is 10.0 Å². The fraction of sp³-hybridized carbons (Fsp3) is 0.455. The molecule has 28 heavy (non-hydrogen) atoms. The molecule has 2 aromatic carbocycles. The van der Waals surface area contributed by atoms with Crippen LogP contribution in [-0.2, 0) is 12.8 Å². The summed E-state index contributed by atoms with van der Waals surface area (Å²) in [6, 6.07) is 10.4. The highest BCUT2D eigenvalue weighted by Gasteiger charge is 2.29. The molecule has 4 N–H and O–H groups in total. The van der Waals surface area contributed by atoms with Gasteiger partial charge >= 0.3 is 0 Å². The maximum absolute atomic E-state index is 9.77. The third-order valence-corrected chi connectivity index (χ3v) is 5.40. The highest BCUT2D eigenvalue weighted by molar-refractivity contribution is 5.41. The number of hydrogen-bond acceptors (Lipinski definition) is 6. The summed E-state index contributed by atoms with van der Waals surface area (Å²) in [6.45, 7) is 4.98. The molecule has 6 nitrogen and oxygen atoms in total. The number of phenolic OH excluding ortho intramolecular Hbond substituents is 4. The standard InChI is InChI=1S/C22H30N2O4/c1-2-10-23(12-9-16-5-7-19(25)21(27)14-16)24-11-3-4-18(24)13-17-6-8-20(26)22(28)15-17/h5-8,14-15,18,25-28H,2-4,9-13H2,1H3. The summed E-state index contributed by atoms with van der Waals surface area (Å²) in [5.41, 5.74) is 2.02. The second-order valence-corrected chi connectivity index (χ2v) is 7.51. The molecular formula is C22H30N2O4. The Morgan fingerprint density at radius 1 is 0.893 bits per heavy atom. The van der Waals surface area contributed by atoms with E-state index in [0.717, 1.165) is 62.9 Å². The first-order valence-electron chi connectivity index (χ1n) is 10.0. The molecule has 2 aromatic rings. The van der Waals surface area contributed by atoms with Crippen LogP contribution in [0.2, 0.25) is 0 Å². The van der Waals surface area contributed by atoms with E-state index in [-0.39, 0.29) is 23.0 Å². The Morgan fingerprint density at radius 3 is 2.18 bits per heavy atom. The third kappa shape index (κ3) is 4.88. The van der Waals surface area contributed by atoms with Gasteiger partial charge in [0, 0.05) is 25.7 Å². The Kier molecular flexibility index (Phi) is 6.65. The molecule has 1 saturated heterocycles. The molecule has 0 saturated carbocycles. The molecule has 1 heterocycles. The molecule has 152 valence electrons. The lowest BCUT2D eigenvalue weighted by Gasteiger charge is -2.36. The molecule has 0 aromatic heterocycles. The highest BCUT2D eigenvalue weighted by atomic mass is 16.3. The van der Waals surface area contributed by atoms with E-state index in [1.54, 1.807) is 18.2 Å². The van der Waals surface area contributed by atoms with E-state index in [2.05, 4.69) is 16.9 Å². The van der Waals surface area contributed by atoms with Crippen LogP contribution in [0.4, 0.5) is 0 Å². The summed E-state index contributed by atoms with van der Waals surface area (Å²) in [4.78, 5) is 0. The molecule has 1 fully saturated rings. The quantitative estimate of drug-likeness (QED) is 0.520.